The van der Waals surface area contributed by atoms with Gasteiger partial charge in [0.1, 0.15) is 6.61 Å². The number of fused-ring (bicyclic) bond motifs is 7. The number of Topliss-reactive ketones (excluding diaryl/α,β-unsaturated/α-hetero) is 1. The fourth-order valence-electron chi connectivity index (χ4n) is 8.12. The molecule has 0 aromatic carbocycles. The highest BCUT2D eigenvalue weighted by molar-refractivity contribution is 6.01. The average molecular weight is 431 g/mol. The Bertz CT molecular complexity index is 862. The molecule has 5 aliphatic rings. The number of ketones is 2. The highest BCUT2D eigenvalue weighted by Crippen LogP contribution is 2.69. The zero-order chi connectivity index (χ0) is 22.2. The van der Waals surface area contributed by atoms with Crippen molar-refractivity contribution in [3.05, 3.63) is 23.8 Å². The van der Waals surface area contributed by atoms with Crippen LogP contribution in [0.5, 0.6) is 0 Å². The molecule has 1 heterocycles. The lowest BCUT2D eigenvalue weighted by Crippen LogP contribution is -2.63. The van der Waals surface area contributed by atoms with Crippen molar-refractivity contribution in [2.24, 2.45) is 28.6 Å². The monoisotopic (exact) mass is 430 g/mol. The lowest BCUT2D eigenvalue weighted by Gasteiger charge is -2.59. The van der Waals surface area contributed by atoms with Crippen molar-refractivity contribution < 1.29 is 29.3 Å². The predicted octanol–water partition coefficient (Wildman–Crippen LogP) is 2.72. The van der Waals surface area contributed by atoms with E-state index in [0.717, 1.165) is 24.8 Å². The molecule has 6 nitrogen and oxygen atoms in total. The topological polar surface area (TPSA) is 93.1 Å². The molecule has 5 rings (SSSR count). The van der Waals surface area contributed by atoms with Crippen molar-refractivity contribution in [1.82, 2.24) is 0 Å². The van der Waals surface area contributed by atoms with Crippen molar-refractivity contribution in [2.45, 2.75) is 83.4 Å². The van der Waals surface area contributed by atoms with Crippen molar-refractivity contribution in [2.75, 3.05) is 6.61 Å². The molecule has 0 amide bonds. The standard InChI is InChI=1S/C25H34O6/c1-4-5-21-30-20-11-17-16-7-6-14-10-15(27)8-9-23(14,2)22(16)18(28)12-24(17,3)25(20,31-21)19(29)13-26/h8-10,16-18,20-22,26,28H,4-7,11-13H2,1-3H3/t16-,17-,18-,20+,21+,22-,23-,24-,25+/m0/s1. The van der Waals surface area contributed by atoms with Crippen LogP contribution in [0.25, 0.3) is 0 Å². The second-order valence-corrected chi connectivity index (χ2v) is 10.7. The molecule has 1 aliphatic heterocycles. The Morgan fingerprint density at radius 2 is 2.10 bits per heavy atom. The van der Waals surface area contributed by atoms with E-state index in [1.165, 1.54) is 0 Å². The van der Waals surface area contributed by atoms with Crippen LogP contribution in [0, 0.1) is 28.6 Å². The summed E-state index contributed by atoms with van der Waals surface area (Å²) in [7, 11) is 0. The molecule has 31 heavy (non-hydrogen) atoms. The Labute approximate surface area is 183 Å². The number of ether oxygens (including phenoxy) is 2. The lowest BCUT2D eigenvalue weighted by molar-refractivity contribution is -0.200. The Balaban J connectivity index is 1.55. The average Bonchev–Trinajstić information content (AvgIpc) is 3.20. The maximum Gasteiger partial charge on any atom is 0.193 e. The molecule has 0 aromatic heterocycles. The first-order valence-corrected chi connectivity index (χ1v) is 11.8. The molecule has 6 heteroatoms. The van der Waals surface area contributed by atoms with E-state index in [2.05, 4.69) is 20.8 Å². The molecule has 4 fully saturated rings. The van der Waals surface area contributed by atoms with E-state index in [4.69, 9.17) is 9.47 Å². The minimum absolute atomic E-state index is 0.0125. The summed E-state index contributed by atoms with van der Waals surface area (Å²) in [5.41, 5.74) is -1.05. The third-order valence-electron chi connectivity index (χ3n) is 9.37. The zero-order valence-corrected chi connectivity index (χ0v) is 18.7. The van der Waals surface area contributed by atoms with Crippen LogP contribution in [0.4, 0.5) is 0 Å². The Hall–Kier alpha value is -1.34. The van der Waals surface area contributed by atoms with Crippen molar-refractivity contribution >= 4 is 11.6 Å². The van der Waals surface area contributed by atoms with Gasteiger partial charge in [-0.1, -0.05) is 38.8 Å². The van der Waals surface area contributed by atoms with Gasteiger partial charge in [-0.25, -0.2) is 0 Å². The first-order valence-electron chi connectivity index (χ1n) is 11.8. The number of rotatable bonds is 4. The zero-order valence-electron chi connectivity index (χ0n) is 18.7. The fraction of sp³-hybridized carbons (Fsp3) is 0.760. The molecule has 170 valence electrons. The minimum Gasteiger partial charge on any atom is -0.393 e. The molecule has 1 saturated heterocycles. The molecule has 0 spiro atoms. The van der Waals surface area contributed by atoms with Gasteiger partial charge in [0, 0.05) is 16.7 Å². The van der Waals surface area contributed by atoms with Crippen LogP contribution >= 0.6 is 0 Å². The molecule has 4 aliphatic carbocycles. The van der Waals surface area contributed by atoms with Crippen LogP contribution in [0.15, 0.2) is 23.8 Å². The van der Waals surface area contributed by atoms with Crippen LogP contribution in [-0.4, -0.2) is 52.5 Å². The quantitative estimate of drug-likeness (QED) is 0.712. The van der Waals surface area contributed by atoms with Crippen molar-refractivity contribution in [3.8, 4) is 0 Å². The summed E-state index contributed by atoms with van der Waals surface area (Å²) in [6, 6.07) is 0. The Morgan fingerprint density at radius 1 is 1.32 bits per heavy atom. The summed E-state index contributed by atoms with van der Waals surface area (Å²) < 4.78 is 12.7. The minimum atomic E-state index is -1.20. The molecule has 0 radical (unpaired) electrons. The van der Waals surface area contributed by atoms with E-state index >= 15 is 0 Å². The number of carbonyl (C=O) groups excluding carboxylic acids is 2. The molecule has 0 bridgehead atoms. The van der Waals surface area contributed by atoms with Gasteiger partial charge in [0.25, 0.3) is 0 Å². The van der Waals surface area contributed by atoms with Crippen molar-refractivity contribution in [1.29, 1.82) is 0 Å². The maximum absolute atomic E-state index is 13.2. The maximum atomic E-state index is 13.2. The van der Waals surface area contributed by atoms with Gasteiger partial charge in [-0.05, 0) is 56.1 Å². The molecule has 2 N–H and O–H groups in total. The first kappa shape index (κ1) is 21.5. The Kier molecular flexibility index (Phi) is 4.91. The molecular weight excluding hydrogens is 396 g/mol. The fourth-order valence-corrected chi connectivity index (χ4v) is 8.12. The van der Waals surface area contributed by atoms with Gasteiger partial charge in [0.2, 0.25) is 0 Å². The molecule has 0 unspecified atom stereocenters. The second-order valence-electron chi connectivity index (χ2n) is 10.7. The summed E-state index contributed by atoms with van der Waals surface area (Å²) in [4.78, 5) is 25.2. The SMILES string of the molecule is CCC[C@@H]1O[C@@H]2C[C@H]3[C@@H]4CCC5=CC(=O)C=C[C@]5(C)[C@@H]4[C@@H](O)C[C@]3(C)[C@]2(C(=O)CO)O1. The van der Waals surface area contributed by atoms with Gasteiger partial charge in [-0.2, -0.15) is 0 Å². The molecule has 9 atom stereocenters. The normalized spacial score (nSPS) is 50.4. The van der Waals surface area contributed by atoms with Crippen LogP contribution in [-0.2, 0) is 19.1 Å². The first-order chi connectivity index (χ1) is 14.7. The van der Waals surface area contributed by atoms with E-state index < -0.39 is 36.1 Å². The number of hydrogen-bond donors (Lipinski definition) is 2. The van der Waals surface area contributed by atoms with Gasteiger partial charge in [-0.15, -0.1) is 0 Å². The third-order valence-corrected chi connectivity index (χ3v) is 9.37. The molecule has 3 saturated carbocycles. The second kappa shape index (κ2) is 7.08. The van der Waals surface area contributed by atoms with Gasteiger partial charge in [-0.3, -0.25) is 9.59 Å². The van der Waals surface area contributed by atoms with Crippen LogP contribution in [0.1, 0.15) is 59.3 Å². The molecule has 0 aromatic rings. The van der Waals surface area contributed by atoms with Crippen LogP contribution in [0.2, 0.25) is 0 Å². The number of hydrogen-bond acceptors (Lipinski definition) is 6. The lowest BCUT2D eigenvalue weighted by atomic mass is 9.46. The number of aliphatic hydroxyl groups is 2. The largest absolute Gasteiger partial charge is 0.393 e. The Morgan fingerprint density at radius 3 is 2.81 bits per heavy atom. The predicted molar refractivity (Wildman–Crippen MR) is 113 cm³/mol. The number of carbonyl (C=O) groups is 2. The summed E-state index contributed by atoms with van der Waals surface area (Å²) in [5, 5.41) is 21.4. The smallest absolute Gasteiger partial charge is 0.193 e. The van der Waals surface area contributed by atoms with Gasteiger partial charge >= 0.3 is 0 Å². The number of allylic oxidation sites excluding steroid dienone is 4. The molecular formula is C25H34O6. The summed E-state index contributed by atoms with van der Waals surface area (Å²) >= 11 is 0. The highest BCUT2D eigenvalue weighted by Gasteiger charge is 2.75. The van der Waals surface area contributed by atoms with E-state index in [1.54, 1.807) is 12.2 Å². The summed E-state index contributed by atoms with van der Waals surface area (Å²) in [5.74, 6) is 0.0274. The van der Waals surface area contributed by atoms with E-state index in [-0.39, 0.29) is 34.7 Å². The van der Waals surface area contributed by atoms with Crippen molar-refractivity contribution in [3.63, 3.8) is 0 Å². The summed E-state index contributed by atoms with van der Waals surface area (Å²) in [6.07, 6.45) is 8.31. The van der Waals surface area contributed by atoms with Crippen LogP contribution in [0.3, 0.4) is 0 Å². The third kappa shape index (κ3) is 2.65. The van der Waals surface area contributed by atoms with Crippen LogP contribution < -0.4 is 0 Å². The highest BCUT2D eigenvalue weighted by atomic mass is 16.7. The summed E-state index contributed by atoms with van der Waals surface area (Å²) in [6.45, 7) is 5.67. The number of aliphatic hydroxyl groups excluding tert-OH is 2. The van der Waals surface area contributed by atoms with E-state index in [0.29, 0.717) is 19.3 Å². The van der Waals surface area contributed by atoms with Gasteiger partial charge < -0.3 is 19.7 Å². The van der Waals surface area contributed by atoms with Gasteiger partial charge in [0.15, 0.2) is 23.5 Å². The van der Waals surface area contributed by atoms with E-state index in [9.17, 15) is 19.8 Å². The van der Waals surface area contributed by atoms with Gasteiger partial charge in [0.05, 0.1) is 12.2 Å². The van der Waals surface area contributed by atoms with E-state index in [1.807, 2.05) is 6.08 Å².